The molecule has 0 radical (unpaired) electrons. The van der Waals surface area contributed by atoms with Crippen molar-refractivity contribution < 1.29 is 19.1 Å². The second kappa shape index (κ2) is 7.25. The van der Waals surface area contributed by atoms with Crippen LogP contribution in [0.25, 0.3) is 0 Å². The topological polar surface area (TPSA) is 76.7 Å². The summed E-state index contributed by atoms with van der Waals surface area (Å²) in [6, 6.07) is 12.0. The molecule has 1 saturated carbocycles. The van der Waals surface area contributed by atoms with E-state index in [9.17, 15) is 9.59 Å². The Morgan fingerprint density at radius 3 is 2.12 bits per heavy atom. The minimum absolute atomic E-state index is 0.0536. The van der Waals surface area contributed by atoms with Gasteiger partial charge in [-0.1, -0.05) is 0 Å². The molecule has 0 saturated heterocycles. The predicted octanol–water partition coefficient (Wildman–Crippen LogP) is 3.30. The lowest BCUT2D eigenvalue weighted by atomic mass is 10.1. The van der Waals surface area contributed by atoms with E-state index in [0.29, 0.717) is 28.4 Å². The maximum Gasteiger partial charge on any atom is 0.259 e. The molecule has 1 aliphatic carbocycles. The predicted molar refractivity (Wildman–Crippen MR) is 95.3 cm³/mol. The van der Waals surface area contributed by atoms with Gasteiger partial charge in [0.25, 0.3) is 5.91 Å². The van der Waals surface area contributed by atoms with Gasteiger partial charge in [-0.2, -0.15) is 0 Å². The molecule has 6 heteroatoms. The number of hydrogen-bond donors (Lipinski definition) is 2. The number of rotatable bonds is 6. The quantitative estimate of drug-likeness (QED) is 0.846. The van der Waals surface area contributed by atoms with Gasteiger partial charge >= 0.3 is 0 Å². The molecule has 0 unspecified atom stereocenters. The highest BCUT2D eigenvalue weighted by Crippen LogP contribution is 2.30. The molecule has 0 bridgehead atoms. The van der Waals surface area contributed by atoms with Crippen molar-refractivity contribution in [3.8, 4) is 11.5 Å². The zero-order chi connectivity index (χ0) is 17.8. The van der Waals surface area contributed by atoms with E-state index >= 15 is 0 Å². The van der Waals surface area contributed by atoms with Gasteiger partial charge in [-0.3, -0.25) is 9.59 Å². The fourth-order valence-electron chi connectivity index (χ4n) is 2.42. The molecule has 2 aromatic carbocycles. The van der Waals surface area contributed by atoms with Crippen molar-refractivity contribution in [2.24, 2.45) is 5.92 Å². The smallest absolute Gasteiger partial charge is 0.259 e. The molecule has 1 fully saturated rings. The molecule has 1 aliphatic rings. The molecule has 2 N–H and O–H groups in total. The molecule has 0 spiro atoms. The van der Waals surface area contributed by atoms with Crippen LogP contribution in [0.15, 0.2) is 42.5 Å². The number of carbonyl (C=O) groups excluding carboxylic acids is 2. The second-order valence-corrected chi connectivity index (χ2v) is 5.86. The minimum Gasteiger partial charge on any atom is -0.497 e. The van der Waals surface area contributed by atoms with E-state index in [1.54, 1.807) is 42.5 Å². The number of nitrogens with one attached hydrogen (secondary N) is 2. The van der Waals surface area contributed by atoms with E-state index in [2.05, 4.69) is 10.6 Å². The van der Waals surface area contributed by atoms with Crippen LogP contribution in [0.1, 0.15) is 23.2 Å². The van der Waals surface area contributed by atoms with Crippen molar-refractivity contribution >= 4 is 23.2 Å². The SMILES string of the molecule is COc1ccc(OC)c(C(=O)Nc2ccc(NC(=O)C3CC3)cc2)c1. The molecule has 0 aliphatic heterocycles. The van der Waals surface area contributed by atoms with Gasteiger partial charge < -0.3 is 20.1 Å². The highest BCUT2D eigenvalue weighted by Gasteiger charge is 2.29. The van der Waals surface area contributed by atoms with E-state index in [1.165, 1.54) is 14.2 Å². The largest absolute Gasteiger partial charge is 0.497 e. The summed E-state index contributed by atoms with van der Waals surface area (Å²) in [4.78, 5) is 24.3. The molecule has 25 heavy (non-hydrogen) atoms. The van der Waals surface area contributed by atoms with Crippen LogP contribution in [0, 0.1) is 5.92 Å². The second-order valence-electron chi connectivity index (χ2n) is 5.86. The van der Waals surface area contributed by atoms with Crippen LogP contribution in [0.5, 0.6) is 11.5 Å². The van der Waals surface area contributed by atoms with Crippen LogP contribution in [0.4, 0.5) is 11.4 Å². The fourth-order valence-corrected chi connectivity index (χ4v) is 2.42. The summed E-state index contributed by atoms with van der Waals surface area (Å²) in [5.41, 5.74) is 1.72. The van der Waals surface area contributed by atoms with Crippen molar-refractivity contribution in [3.63, 3.8) is 0 Å². The standard InChI is InChI=1S/C19H20N2O4/c1-24-15-9-10-17(25-2)16(11-15)19(23)21-14-7-5-13(6-8-14)20-18(22)12-3-4-12/h5-12H,3-4H2,1-2H3,(H,20,22)(H,21,23). The molecular formula is C19H20N2O4. The number of benzene rings is 2. The van der Waals surface area contributed by atoms with Gasteiger partial charge in [0.1, 0.15) is 11.5 Å². The zero-order valence-electron chi connectivity index (χ0n) is 14.2. The molecular weight excluding hydrogens is 320 g/mol. The molecule has 3 rings (SSSR count). The Bertz CT molecular complexity index is 783. The average Bonchev–Trinajstić information content (AvgIpc) is 3.48. The van der Waals surface area contributed by atoms with Gasteiger partial charge in [0.2, 0.25) is 5.91 Å². The lowest BCUT2D eigenvalue weighted by Gasteiger charge is -2.11. The normalized spacial score (nSPS) is 13.0. The summed E-state index contributed by atoms with van der Waals surface area (Å²) in [5, 5.41) is 5.67. The average molecular weight is 340 g/mol. The van der Waals surface area contributed by atoms with Gasteiger partial charge in [0, 0.05) is 17.3 Å². The van der Waals surface area contributed by atoms with Crippen LogP contribution in [0.2, 0.25) is 0 Å². The molecule has 0 atom stereocenters. The summed E-state index contributed by atoms with van der Waals surface area (Å²) in [6.07, 6.45) is 1.92. The molecule has 0 heterocycles. The van der Waals surface area contributed by atoms with E-state index in [1.807, 2.05) is 0 Å². The zero-order valence-corrected chi connectivity index (χ0v) is 14.2. The number of carbonyl (C=O) groups is 2. The number of amides is 2. The highest BCUT2D eigenvalue weighted by atomic mass is 16.5. The van der Waals surface area contributed by atoms with Crippen LogP contribution in [-0.2, 0) is 4.79 Å². The monoisotopic (exact) mass is 340 g/mol. The third-order valence-electron chi connectivity index (χ3n) is 4.01. The number of anilines is 2. The maximum absolute atomic E-state index is 12.5. The van der Waals surface area contributed by atoms with E-state index in [-0.39, 0.29) is 17.7 Å². The first kappa shape index (κ1) is 16.8. The molecule has 6 nitrogen and oxygen atoms in total. The third-order valence-corrected chi connectivity index (χ3v) is 4.01. The minimum atomic E-state index is -0.300. The Balaban J connectivity index is 1.69. The summed E-state index contributed by atoms with van der Waals surface area (Å²) >= 11 is 0. The van der Waals surface area contributed by atoms with Crippen molar-refractivity contribution in [3.05, 3.63) is 48.0 Å². The van der Waals surface area contributed by atoms with Crippen molar-refractivity contribution in [1.82, 2.24) is 0 Å². The van der Waals surface area contributed by atoms with Crippen LogP contribution < -0.4 is 20.1 Å². The van der Waals surface area contributed by atoms with Gasteiger partial charge in [0.15, 0.2) is 0 Å². The van der Waals surface area contributed by atoms with Crippen LogP contribution in [0.3, 0.4) is 0 Å². The Morgan fingerprint density at radius 2 is 1.56 bits per heavy atom. The van der Waals surface area contributed by atoms with E-state index in [0.717, 1.165) is 12.8 Å². The lowest BCUT2D eigenvalue weighted by Crippen LogP contribution is -2.14. The fraction of sp³-hybridized carbons (Fsp3) is 0.263. The Morgan fingerprint density at radius 1 is 0.920 bits per heavy atom. The van der Waals surface area contributed by atoms with Crippen molar-refractivity contribution in [2.45, 2.75) is 12.8 Å². The summed E-state index contributed by atoms with van der Waals surface area (Å²) < 4.78 is 10.4. The molecule has 130 valence electrons. The number of ether oxygens (including phenoxy) is 2. The first-order chi connectivity index (χ1) is 12.1. The summed E-state index contributed by atoms with van der Waals surface area (Å²) in [7, 11) is 3.05. The lowest BCUT2D eigenvalue weighted by molar-refractivity contribution is -0.117. The van der Waals surface area contributed by atoms with Gasteiger partial charge in [0.05, 0.1) is 19.8 Å². The number of methoxy groups -OCH3 is 2. The van der Waals surface area contributed by atoms with Gasteiger partial charge in [-0.15, -0.1) is 0 Å². The van der Waals surface area contributed by atoms with Crippen LogP contribution in [-0.4, -0.2) is 26.0 Å². The van der Waals surface area contributed by atoms with Crippen LogP contribution >= 0.6 is 0 Å². The van der Waals surface area contributed by atoms with Gasteiger partial charge in [-0.05, 0) is 55.3 Å². The maximum atomic E-state index is 12.5. The molecule has 2 aromatic rings. The van der Waals surface area contributed by atoms with E-state index in [4.69, 9.17) is 9.47 Å². The Labute approximate surface area is 146 Å². The first-order valence-corrected chi connectivity index (χ1v) is 8.05. The Hall–Kier alpha value is -3.02. The molecule has 2 amide bonds. The van der Waals surface area contributed by atoms with Crippen molar-refractivity contribution in [2.75, 3.05) is 24.9 Å². The van der Waals surface area contributed by atoms with E-state index < -0.39 is 0 Å². The summed E-state index contributed by atoms with van der Waals surface area (Å²) in [5.74, 6) is 0.944. The highest BCUT2D eigenvalue weighted by molar-refractivity contribution is 6.06. The molecule has 0 aromatic heterocycles. The van der Waals surface area contributed by atoms with Gasteiger partial charge in [-0.25, -0.2) is 0 Å². The first-order valence-electron chi connectivity index (χ1n) is 8.05. The Kier molecular flexibility index (Phi) is 4.88. The van der Waals surface area contributed by atoms with Crippen molar-refractivity contribution in [1.29, 1.82) is 0 Å². The summed E-state index contributed by atoms with van der Waals surface area (Å²) in [6.45, 7) is 0. The number of hydrogen-bond acceptors (Lipinski definition) is 4. The third kappa shape index (κ3) is 4.09.